The summed E-state index contributed by atoms with van der Waals surface area (Å²) in [5, 5.41) is 5.54. The third kappa shape index (κ3) is 5.56. The van der Waals surface area contributed by atoms with Gasteiger partial charge in [-0.1, -0.05) is 13.8 Å². The number of carbonyl (C=O) groups is 3. The van der Waals surface area contributed by atoms with E-state index < -0.39 is 5.91 Å². The number of hydrogen-bond donors (Lipinski definition) is 3. The van der Waals surface area contributed by atoms with Crippen molar-refractivity contribution in [3.8, 4) is 0 Å². The topological polar surface area (TPSA) is 105 Å². The van der Waals surface area contributed by atoms with Gasteiger partial charge in [0.15, 0.2) is 0 Å². The van der Waals surface area contributed by atoms with Crippen LogP contribution in [0.25, 0.3) is 0 Å². The van der Waals surface area contributed by atoms with Gasteiger partial charge in [0.1, 0.15) is 0 Å². The lowest BCUT2D eigenvalue weighted by Gasteiger charge is -2.26. The van der Waals surface area contributed by atoms with Crippen molar-refractivity contribution in [3.05, 3.63) is 0 Å². The molecule has 0 radical (unpaired) electrons. The van der Waals surface area contributed by atoms with Crippen LogP contribution in [0.15, 0.2) is 0 Å². The summed E-state index contributed by atoms with van der Waals surface area (Å²) in [6, 6.07) is -0.197. The summed E-state index contributed by atoms with van der Waals surface area (Å²) >= 11 is 0. The molecule has 1 saturated heterocycles. The summed E-state index contributed by atoms with van der Waals surface area (Å²) in [6.45, 7) is 5.08. The van der Waals surface area contributed by atoms with Gasteiger partial charge in [-0.05, 0) is 25.3 Å². The van der Waals surface area contributed by atoms with Crippen molar-refractivity contribution in [2.45, 2.75) is 32.7 Å². The van der Waals surface area contributed by atoms with Crippen LogP contribution in [0.1, 0.15) is 26.7 Å². The monoisotopic (exact) mass is 284 g/mol. The molecule has 1 rings (SSSR count). The Morgan fingerprint density at radius 2 is 2.10 bits per heavy atom. The number of hydrogen-bond acceptors (Lipinski definition) is 4. The Kier molecular flexibility index (Phi) is 6.44. The van der Waals surface area contributed by atoms with Crippen LogP contribution in [0.5, 0.6) is 0 Å². The van der Waals surface area contributed by atoms with Crippen LogP contribution < -0.4 is 16.4 Å². The van der Waals surface area contributed by atoms with Gasteiger partial charge < -0.3 is 21.3 Å². The summed E-state index contributed by atoms with van der Waals surface area (Å²) < 4.78 is 0. The van der Waals surface area contributed by atoms with E-state index >= 15 is 0 Å². The highest BCUT2D eigenvalue weighted by atomic mass is 16.2. The fourth-order valence-corrected chi connectivity index (χ4v) is 2.20. The molecule has 0 aromatic rings. The van der Waals surface area contributed by atoms with Gasteiger partial charge in [0.2, 0.25) is 17.7 Å². The summed E-state index contributed by atoms with van der Waals surface area (Å²) in [4.78, 5) is 36.2. The van der Waals surface area contributed by atoms with Gasteiger partial charge >= 0.3 is 0 Å². The molecule has 1 atom stereocenters. The highest BCUT2D eigenvalue weighted by Gasteiger charge is 2.28. The molecule has 0 saturated carbocycles. The van der Waals surface area contributed by atoms with Crippen LogP contribution in [0.2, 0.25) is 0 Å². The zero-order chi connectivity index (χ0) is 15.1. The predicted octanol–water partition coefficient (Wildman–Crippen LogP) is -1.18. The van der Waals surface area contributed by atoms with Crippen molar-refractivity contribution >= 4 is 17.7 Å². The lowest BCUT2D eigenvalue weighted by Crippen LogP contribution is -2.49. The lowest BCUT2D eigenvalue weighted by atomic mass is 10.1. The number of primary amides is 1. The third-order valence-corrected chi connectivity index (χ3v) is 3.05. The van der Waals surface area contributed by atoms with E-state index in [2.05, 4.69) is 10.6 Å². The third-order valence-electron chi connectivity index (χ3n) is 3.05. The number of rotatable bonds is 7. The Balaban J connectivity index is 2.56. The molecule has 20 heavy (non-hydrogen) atoms. The number of nitrogens with zero attached hydrogens (tertiary/aromatic N) is 1. The molecule has 1 fully saturated rings. The van der Waals surface area contributed by atoms with E-state index in [1.807, 2.05) is 13.8 Å². The van der Waals surface area contributed by atoms with Crippen LogP contribution in [0.3, 0.4) is 0 Å². The molecule has 0 aromatic carbocycles. The van der Waals surface area contributed by atoms with Gasteiger partial charge in [0, 0.05) is 6.54 Å². The largest absolute Gasteiger partial charge is 0.368 e. The molecule has 0 aliphatic carbocycles. The smallest absolute Gasteiger partial charge is 0.240 e. The van der Waals surface area contributed by atoms with E-state index in [1.54, 1.807) is 4.90 Å². The number of carbonyl (C=O) groups excluding carboxylic acids is 3. The van der Waals surface area contributed by atoms with Gasteiger partial charge in [-0.25, -0.2) is 0 Å². The summed E-state index contributed by atoms with van der Waals surface area (Å²) in [7, 11) is 0. The van der Waals surface area contributed by atoms with Crippen molar-refractivity contribution in [1.29, 1.82) is 0 Å². The minimum atomic E-state index is -0.599. The van der Waals surface area contributed by atoms with E-state index in [-0.39, 0.29) is 36.9 Å². The molecule has 1 aliphatic rings. The van der Waals surface area contributed by atoms with Gasteiger partial charge in [-0.2, -0.15) is 0 Å². The Hall–Kier alpha value is -1.63. The minimum Gasteiger partial charge on any atom is -0.368 e. The van der Waals surface area contributed by atoms with E-state index in [0.29, 0.717) is 6.54 Å². The quantitative estimate of drug-likeness (QED) is 0.547. The first-order valence-electron chi connectivity index (χ1n) is 6.97. The van der Waals surface area contributed by atoms with E-state index in [4.69, 9.17) is 5.73 Å². The average molecular weight is 284 g/mol. The normalized spacial score (nSPS) is 18.1. The predicted molar refractivity (Wildman–Crippen MR) is 74.6 cm³/mol. The van der Waals surface area contributed by atoms with Gasteiger partial charge in [-0.15, -0.1) is 0 Å². The van der Waals surface area contributed by atoms with Crippen molar-refractivity contribution in [1.82, 2.24) is 15.5 Å². The average Bonchev–Trinajstić information content (AvgIpc) is 2.88. The maximum atomic E-state index is 12.3. The Morgan fingerprint density at radius 1 is 1.40 bits per heavy atom. The van der Waals surface area contributed by atoms with Crippen LogP contribution in [0.4, 0.5) is 0 Å². The van der Waals surface area contributed by atoms with Crippen LogP contribution in [0, 0.1) is 5.92 Å². The molecule has 114 valence electrons. The van der Waals surface area contributed by atoms with E-state index in [1.165, 1.54) is 0 Å². The Morgan fingerprint density at radius 3 is 2.60 bits per heavy atom. The molecule has 1 aliphatic heterocycles. The second kappa shape index (κ2) is 7.84. The molecule has 7 nitrogen and oxygen atoms in total. The molecule has 0 spiro atoms. The van der Waals surface area contributed by atoms with E-state index in [0.717, 1.165) is 19.4 Å². The zero-order valence-corrected chi connectivity index (χ0v) is 12.1. The second-order valence-electron chi connectivity index (χ2n) is 5.50. The first-order chi connectivity index (χ1) is 9.40. The summed E-state index contributed by atoms with van der Waals surface area (Å²) in [6.07, 6.45) is 1.77. The maximum Gasteiger partial charge on any atom is 0.240 e. The maximum absolute atomic E-state index is 12.3. The zero-order valence-electron chi connectivity index (χ0n) is 12.1. The van der Waals surface area contributed by atoms with Crippen LogP contribution in [-0.4, -0.2) is 54.8 Å². The second-order valence-corrected chi connectivity index (χ2v) is 5.50. The molecule has 1 heterocycles. The molecule has 0 aromatic heterocycles. The summed E-state index contributed by atoms with van der Waals surface area (Å²) in [5.74, 6) is -0.747. The molecular formula is C13H24N4O3. The SMILES string of the molecule is CC(C)CN(CC(=O)NCC(N)=O)C(=O)[C@@H]1CCCN1. The fourth-order valence-electron chi connectivity index (χ4n) is 2.20. The highest BCUT2D eigenvalue weighted by molar-refractivity contribution is 5.89. The highest BCUT2D eigenvalue weighted by Crippen LogP contribution is 2.10. The molecule has 0 unspecified atom stereocenters. The van der Waals surface area contributed by atoms with Crippen LogP contribution in [-0.2, 0) is 14.4 Å². The molecule has 4 N–H and O–H groups in total. The van der Waals surface area contributed by atoms with Gasteiger partial charge in [-0.3, -0.25) is 14.4 Å². The van der Waals surface area contributed by atoms with Crippen molar-refractivity contribution in [3.63, 3.8) is 0 Å². The minimum absolute atomic E-state index is 0.0392. The fraction of sp³-hybridized carbons (Fsp3) is 0.769. The molecular weight excluding hydrogens is 260 g/mol. The number of nitrogens with one attached hydrogen (secondary N) is 2. The standard InChI is InChI=1S/C13H24N4O3/c1-9(2)7-17(8-12(19)16-6-11(14)18)13(20)10-4-3-5-15-10/h9-10,15H,3-8H2,1-2H3,(H2,14,18)(H,16,19)/t10-/m0/s1. The molecule has 3 amide bonds. The van der Waals surface area contributed by atoms with Crippen molar-refractivity contribution in [2.24, 2.45) is 11.7 Å². The first-order valence-corrected chi connectivity index (χ1v) is 6.97. The van der Waals surface area contributed by atoms with Crippen molar-refractivity contribution < 1.29 is 14.4 Å². The number of nitrogens with two attached hydrogens (primary N) is 1. The van der Waals surface area contributed by atoms with Crippen molar-refractivity contribution in [2.75, 3.05) is 26.2 Å². The first kappa shape index (κ1) is 16.4. The van der Waals surface area contributed by atoms with Crippen LogP contribution >= 0.6 is 0 Å². The number of amides is 3. The summed E-state index contributed by atoms with van der Waals surface area (Å²) in [5.41, 5.74) is 4.97. The Labute approximate surface area is 119 Å². The van der Waals surface area contributed by atoms with E-state index in [9.17, 15) is 14.4 Å². The lowest BCUT2D eigenvalue weighted by molar-refractivity contribution is -0.138. The van der Waals surface area contributed by atoms with Gasteiger partial charge in [0.25, 0.3) is 0 Å². The van der Waals surface area contributed by atoms with Gasteiger partial charge in [0.05, 0.1) is 19.1 Å². The molecule has 0 bridgehead atoms. The Bertz CT molecular complexity index is 365. The molecule has 7 heteroatoms.